The third-order valence-electron chi connectivity index (χ3n) is 2.62. The van der Waals surface area contributed by atoms with E-state index in [1.807, 2.05) is 44.2 Å². The van der Waals surface area contributed by atoms with E-state index in [4.69, 9.17) is 4.74 Å². The number of phenols is 1. The number of fused-ring (bicyclic) bond motifs is 1. The monoisotopic (exact) mass is 240 g/mol. The lowest BCUT2D eigenvalue weighted by Crippen LogP contribution is -2.03. The number of phenolic OH excluding ortho intramolecular Hbond substituents is 1. The highest BCUT2D eigenvalue weighted by molar-refractivity contribution is 5.70. The molecule has 1 heterocycles. The minimum atomic E-state index is 0.207. The van der Waals surface area contributed by atoms with Crippen LogP contribution < -0.4 is 4.74 Å². The second kappa shape index (κ2) is 4.96. The van der Waals surface area contributed by atoms with Crippen LogP contribution in [0.25, 0.3) is 6.08 Å². The first-order valence-electron chi connectivity index (χ1n) is 5.83. The highest BCUT2D eigenvalue weighted by Crippen LogP contribution is 2.34. The molecule has 18 heavy (non-hydrogen) atoms. The summed E-state index contributed by atoms with van der Waals surface area (Å²) in [5.41, 5.74) is 2.95. The van der Waals surface area contributed by atoms with E-state index in [2.05, 4.69) is 6.58 Å². The SMILES string of the molecule is C=C(C)/C=C\C1=Cc2ccc(O)cc2O/C1=C/C. The lowest BCUT2D eigenvalue weighted by molar-refractivity contribution is 0.423. The molecule has 0 radical (unpaired) electrons. The first-order valence-corrected chi connectivity index (χ1v) is 5.83. The van der Waals surface area contributed by atoms with Crippen molar-refractivity contribution in [1.82, 2.24) is 0 Å². The quantitative estimate of drug-likeness (QED) is 0.785. The zero-order valence-corrected chi connectivity index (χ0v) is 10.6. The van der Waals surface area contributed by atoms with Gasteiger partial charge in [0.2, 0.25) is 0 Å². The lowest BCUT2D eigenvalue weighted by Gasteiger charge is -2.18. The molecule has 0 fully saturated rings. The molecule has 0 unspecified atom stereocenters. The Morgan fingerprint density at radius 2 is 2.17 bits per heavy atom. The third kappa shape index (κ3) is 2.54. The summed E-state index contributed by atoms with van der Waals surface area (Å²) in [5.74, 6) is 1.67. The van der Waals surface area contributed by atoms with Gasteiger partial charge in [-0.15, -0.1) is 0 Å². The Morgan fingerprint density at radius 3 is 2.83 bits per heavy atom. The van der Waals surface area contributed by atoms with Gasteiger partial charge in [0.1, 0.15) is 17.3 Å². The first-order chi connectivity index (χ1) is 8.60. The second-order valence-corrected chi connectivity index (χ2v) is 4.26. The fraction of sp³-hybridized carbons (Fsp3) is 0.125. The summed E-state index contributed by atoms with van der Waals surface area (Å²) in [6.07, 6.45) is 7.87. The van der Waals surface area contributed by atoms with Gasteiger partial charge in [0.15, 0.2) is 0 Å². The number of ether oxygens (including phenoxy) is 1. The van der Waals surface area contributed by atoms with E-state index in [1.165, 1.54) is 0 Å². The minimum Gasteiger partial charge on any atom is -0.508 e. The maximum atomic E-state index is 9.44. The van der Waals surface area contributed by atoms with Gasteiger partial charge in [0.05, 0.1) is 0 Å². The van der Waals surface area contributed by atoms with Crippen molar-refractivity contribution in [3.63, 3.8) is 0 Å². The standard InChI is InChI=1S/C16H16O2/c1-4-15-12(6-5-11(2)3)9-13-7-8-14(17)10-16(13)18-15/h4-10,17H,2H2,1,3H3/b6-5-,15-4+. The van der Waals surface area contributed by atoms with E-state index in [9.17, 15) is 5.11 Å². The summed E-state index contributed by atoms with van der Waals surface area (Å²) < 4.78 is 5.76. The van der Waals surface area contributed by atoms with Crippen LogP contribution in [0.1, 0.15) is 19.4 Å². The molecule has 1 aliphatic rings. The van der Waals surface area contributed by atoms with Crippen molar-refractivity contribution >= 4 is 6.08 Å². The number of benzene rings is 1. The van der Waals surface area contributed by atoms with Gasteiger partial charge in [0.25, 0.3) is 0 Å². The summed E-state index contributed by atoms with van der Waals surface area (Å²) >= 11 is 0. The van der Waals surface area contributed by atoms with Crippen molar-refractivity contribution in [2.45, 2.75) is 13.8 Å². The topological polar surface area (TPSA) is 29.5 Å². The van der Waals surface area contributed by atoms with Gasteiger partial charge in [-0.1, -0.05) is 24.3 Å². The molecule has 0 amide bonds. The molecule has 92 valence electrons. The maximum Gasteiger partial charge on any atom is 0.138 e. The zero-order valence-electron chi connectivity index (χ0n) is 10.6. The number of aromatic hydroxyl groups is 1. The van der Waals surface area contributed by atoms with Crippen LogP contribution in [0, 0.1) is 0 Å². The Labute approximate surface area is 107 Å². The molecule has 1 aromatic rings. The van der Waals surface area contributed by atoms with E-state index in [1.54, 1.807) is 12.1 Å². The Kier molecular flexibility index (Phi) is 3.38. The number of allylic oxidation sites excluding steroid dienone is 4. The van der Waals surface area contributed by atoms with Gasteiger partial charge in [-0.05, 0) is 38.1 Å². The molecule has 2 nitrogen and oxygen atoms in total. The maximum absolute atomic E-state index is 9.44. The lowest BCUT2D eigenvalue weighted by atomic mass is 10.0. The molecule has 0 spiro atoms. The Balaban J connectivity index is 2.45. The first kappa shape index (κ1) is 12.2. The van der Waals surface area contributed by atoms with E-state index in [0.29, 0.717) is 5.75 Å². The fourth-order valence-electron chi connectivity index (χ4n) is 1.73. The van der Waals surface area contributed by atoms with Crippen molar-refractivity contribution in [1.29, 1.82) is 0 Å². The fourth-order valence-corrected chi connectivity index (χ4v) is 1.73. The molecule has 1 aliphatic heterocycles. The number of hydrogen-bond acceptors (Lipinski definition) is 2. The van der Waals surface area contributed by atoms with Crippen LogP contribution in [0.2, 0.25) is 0 Å². The zero-order chi connectivity index (χ0) is 13.1. The predicted octanol–water partition coefficient (Wildman–Crippen LogP) is 4.20. The van der Waals surface area contributed by atoms with Crippen LogP contribution in [0.4, 0.5) is 0 Å². The molecule has 2 rings (SSSR count). The van der Waals surface area contributed by atoms with Crippen LogP contribution in [0.15, 0.2) is 59.9 Å². The molecule has 0 bridgehead atoms. The largest absolute Gasteiger partial charge is 0.508 e. The highest BCUT2D eigenvalue weighted by Gasteiger charge is 2.14. The van der Waals surface area contributed by atoms with Gasteiger partial charge in [0, 0.05) is 17.2 Å². The molecule has 2 heteroatoms. The summed E-state index contributed by atoms with van der Waals surface area (Å²) in [7, 11) is 0. The summed E-state index contributed by atoms with van der Waals surface area (Å²) in [6.45, 7) is 7.71. The van der Waals surface area contributed by atoms with Gasteiger partial charge >= 0.3 is 0 Å². The smallest absolute Gasteiger partial charge is 0.138 e. The van der Waals surface area contributed by atoms with E-state index in [-0.39, 0.29) is 5.75 Å². The summed E-state index contributed by atoms with van der Waals surface area (Å²) in [6, 6.07) is 5.11. The van der Waals surface area contributed by atoms with Crippen molar-refractivity contribution in [3.8, 4) is 11.5 Å². The molecule has 0 saturated carbocycles. The average molecular weight is 240 g/mol. The minimum absolute atomic E-state index is 0.207. The molecule has 0 saturated heterocycles. The van der Waals surface area contributed by atoms with Crippen molar-refractivity contribution in [2.75, 3.05) is 0 Å². The highest BCUT2D eigenvalue weighted by atomic mass is 16.5. The van der Waals surface area contributed by atoms with Crippen molar-refractivity contribution in [3.05, 3.63) is 65.5 Å². The molecule has 0 aromatic heterocycles. The van der Waals surface area contributed by atoms with Crippen molar-refractivity contribution < 1.29 is 9.84 Å². The van der Waals surface area contributed by atoms with Crippen LogP contribution in [-0.4, -0.2) is 5.11 Å². The van der Waals surface area contributed by atoms with E-state index in [0.717, 1.165) is 22.5 Å². The molecule has 1 aromatic carbocycles. The molecular weight excluding hydrogens is 224 g/mol. The Bertz CT molecular complexity index is 575. The van der Waals surface area contributed by atoms with Crippen LogP contribution in [-0.2, 0) is 0 Å². The van der Waals surface area contributed by atoms with Crippen LogP contribution >= 0.6 is 0 Å². The van der Waals surface area contributed by atoms with E-state index >= 15 is 0 Å². The molecule has 0 atom stereocenters. The van der Waals surface area contributed by atoms with E-state index < -0.39 is 0 Å². The summed E-state index contributed by atoms with van der Waals surface area (Å²) in [4.78, 5) is 0. The predicted molar refractivity (Wildman–Crippen MR) is 74.4 cm³/mol. The molecule has 0 aliphatic carbocycles. The third-order valence-corrected chi connectivity index (χ3v) is 2.62. The molecular formula is C16H16O2. The van der Waals surface area contributed by atoms with Crippen LogP contribution in [0.5, 0.6) is 11.5 Å². The average Bonchev–Trinajstić information content (AvgIpc) is 2.35. The van der Waals surface area contributed by atoms with Crippen LogP contribution in [0.3, 0.4) is 0 Å². The Hall–Kier alpha value is -2.22. The number of rotatable bonds is 2. The Morgan fingerprint density at radius 1 is 1.39 bits per heavy atom. The van der Waals surface area contributed by atoms with Gasteiger partial charge in [-0.25, -0.2) is 0 Å². The summed E-state index contributed by atoms with van der Waals surface area (Å²) in [5, 5.41) is 9.44. The van der Waals surface area contributed by atoms with Gasteiger partial charge < -0.3 is 9.84 Å². The van der Waals surface area contributed by atoms with Crippen molar-refractivity contribution in [2.24, 2.45) is 0 Å². The van der Waals surface area contributed by atoms with Gasteiger partial charge in [-0.3, -0.25) is 0 Å². The molecule has 1 N–H and O–H groups in total. The number of hydrogen-bond donors (Lipinski definition) is 1. The second-order valence-electron chi connectivity index (χ2n) is 4.26. The van der Waals surface area contributed by atoms with Gasteiger partial charge in [-0.2, -0.15) is 0 Å². The normalized spacial score (nSPS) is 16.3.